The Labute approximate surface area is 147 Å². The van der Waals surface area contributed by atoms with E-state index in [-0.39, 0.29) is 41.1 Å². The van der Waals surface area contributed by atoms with Gasteiger partial charge in [-0.25, -0.2) is 16.8 Å². The number of aryl methyl sites for hydroxylation is 1. The van der Waals surface area contributed by atoms with Gasteiger partial charge >= 0.3 is 0 Å². The SMILES string of the molecule is Cc1ccc(S(=O)(=O)CCC(=O)N2CCOC3CS(=O)(=O)CC32)cc1. The number of amides is 1. The lowest BCUT2D eigenvalue weighted by atomic mass is 10.1. The van der Waals surface area contributed by atoms with E-state index in [0.717, 1.165) is 5.56 Å². The second-order valence-corrected chi connectivity index (χ2v) is 10.8. The summed E-state index contributed by atoms with van der Waals surface area (Å²) in [5.74, 6) is -0.834. The fourth-order valence-electron chi connectivity index (χ4n) is 3.25. The minimum Gasteiger partial charge on any atom is -0.373 e. The normalized spacial score (nSPS) is 25.6. The van der Waals surface area contributed by atoms with Crippen molar-refractivity contribution in [3.05, 3.63) is 29.8 Å². The molecule has 0 saturated carbocycles. The van der Waals surface area contributed by atoms with Crippen LogP contribution >= 0.6 is 0 Å². The molecule has 138 valence electrons. The predicted molar refractivity (Wildman–Crippen MR) is 91.7 cm³/mol. The minimum atomic E-state index is -3.55. The number of nitrogens with zero attached hydrogens (tertiary/aromatic N) is 1. The van der Waals surface area contributed by atoms with E-state index in [4.69, 9.17) is 4.74 Å². The van der Waals surface area contributed by atoms with Crippen LogP contribution in [-0.4, -0.2) is 70.2 Å². The lowest BCUT2D eigenvalue weighted by Gasteiger charge is -2.36. The maximum atomic E-state index is 12.5. The van der Waals surface area contributed by atoms with Crippen LogP contribution in [0.2, 0.25) is 0 Å². The van der Waals surface area contributed by atoms with Crippen molar-refractivity contribution in [3.63, 3.8) is 0 Å². The van der Waals surface area contributed by atoms with Crippen molar-refractivity contribution >= 4 is 25.6 Å². The van der Waals surface area contributed by atoms with Gasteiger partial charge in [0.15, 0.2) is 19.7 Å². The molecule has 9 heteroatoms. The number of rotatable bonds is 4. The molecule has 25 heavy (non-hydrogen) atoms. The van der Waals surface area contributed by atoms with Crippen LogP contribution < -0.4 is 0 Å². The number of sulfone groups is 2. The Balaban J connectivity index is 1.67. The van der Waals surface area contributed by atoms with Crippen molar-refractivity contribution in [2.75, 3.05) is 30.4 Å². The van der Waals surface area contributed by atoms with E-state index in [2.05, 4.69) is 0 Å². The highest BCUT2D eigenvalue weighted by Gasteiger charge is 2.45. The largest absolute Gasteiger partial charge is 0.373 e. The summed E-state index contributed by atoms with van der Waals surface area (Å²) in [7, 11) is -6.78. The Morgan fingerprint density at radius 2 is 1.92 bits per heavy atom. The third-order valence-electron chi connectivity index (χ3n) is 4.62. The van der Waals surface area contributed by atoms with Gasteiger partial charge in [0.2, 0.25) is 5.91 Å². The van der Waals surface area contributed by atoms with Gasteiger partial charge in [0.05, 0.1) is 40.9 Å². The standard InChI is InChI=1S/C16H21NO6S2/c1-12-2-4-13(5-3-12)25(21,22)9-6-16(18)17-7-8-23-15-11-24(19,20)10-14(15)17/h2-5,14-15H,6-11H2,1H3. The van der Waals surface area contributed by atoms with Gasteiger partial charge in [0.1, 0.15) is 0 Å². The van der Waals surface area contributed by atoms with Gasteiger partial charge in [0.25, 0.3) is 0 Å². The Kier molecular flexibility index (Phi) is 4.91. The first kappa shape index (κ1) is 18.3. The zero-order chi connectivity index (χ0) is 18.2. The van der Waals surface area contributed by atoms with E-state index in [1.165, 1.54) is 17.0 Å². The lowest BCUT2D eigenvalue weighted by molar-refractivity contribution is -0.142. The summed E-state index contributed by atoms with van der Waals surface area (Å²) in [6.45, 7) is 2.43. The minimum absolute atomic E-state index is 0.0802. The fraction of sp³-hybridized carbons (Fsp3) is 0.562. The Bertz CT molecular complexity index is 860. The molecule has 2 unspecified atom stereocenters. The number of hydrogen-bond acceptors (Lipinski definition) is 6. The monoisotopic (exact) mass is 387 g/mol. The summed E-state index contributed by atoms with van der Waals surface area (Å²) in [6.07, 6.45) is -0.671. The zero-order valence-electron chi connectivity index (χ0n) is 13.9. The van der Waals surface area contributed by atoms with Crippen molar-refractivity contribution in [3.8, 4) is 0 Å². The van der Waals surface area contributed by atoms with Crippen LogP contribution in [0.1, 0.15) is 12.0 Å². The average Bonchev–Trinajstić information content (AvgIpc) is 2.86. The third kappa shape index (κ3) is 4.04. The van der Waals surface area contributed by atoms with E-state index >= 15 is 0 Å². The number of ether oxygens (including phenoxy) is 1. The summed E-state index contributed by atoms with van der Waals surface area (Å²) < 4.78 is 53.8. The Morgan fingerprint density at radius 1 is 1.24 bits per heavy atom. The smallest absolute Gasteiger partial charge is 0.224 e. The van der Waals surface area contributed by atoms with Crippen LogP contribution in [0.5, 0.6) is 0 Å². The van der Waals surface area contributed by atoms with Gasteiger partial charge in [-0.3, -0.25) is 4.79 Å². The Morgan fingerprint density at radius 3 is 2.60 bits per heavy atom. The highest BCUT2D eigenvalue weighted by molar-refractivity contribution is 7.91. The molecule has 0 N–H and O–H groups in total. The molecule has 2 aliphatic heterocycles. The van der Waals surface area contributed by atoms with E-state index in [0.29, 0.717) is 6.54 Å². The first-order valence-electron chi connectivity index (χ1n) is 8.09. The number of hydrogen-bond donors (Lipinski definition) is 0. The molecular weight excluding hydrogens is 366 g/mol. The van der Waals surface area contributed by atoms with E-state index in [9.17, 15) is 21.6 Å². The van der Waals surface area contributed by atoms with Gasteiger partial charge in [-0.15, -0.1) is 0 Å². The summed E-state index contributed by atoms with van der Waals surface area (Å²) in [4.78, 5) is 14.2. The zero-order valence-corrected chi connectivity index (χ0v) is 15.6. The molecular formula is C16H21NO6S2. The van der Waals surface area contributed by atoms with E-state index in [1.54, 1.807) is 12.1 Å². The van der Waals surface area contributed by atoms with Crippen LogP contribution in [0.15, 0.2) is 29.2 Å². The number of fused-ring (bicyclic) bond motifs is 1. The molecule has 2 saturated heterocycles. The van der Waals surface area contributed by atoms with Crippen molar-refractivity contribution in [2.45, 2.75) is 30.4 Å². The molecule has 1 aromatic carbocycles. The summed E-state index contributed by atoms with van der Waals surface area (Å²) in [6, 6.07) is 5.98. The fourth-order valence-corrected chi connectivity index (χ4v) is 6.35. The molecule has 0 aromatic heterocycles. The maximum absolute atomic E-state index is 12.5. The molecule has 3 rings (SSSR count). The van der Waals surface area contributed by atoms with Gasteiger partial charge in [-0.2, -0.15) is 0 Å². The second-order valence-electron chi connectivity index (χ2n) is 6.52. The first-order valence-corrected chi connectivity index (χ1v) is 11.6. The molecule has 7 nitrogen and oxygen atoms in total. The molecule has 2 aliphatic rings. The predicted octanol–water partition coefficient (Wildman–Crippen LogP) is 0.183. The third-order valence-corrected chi connectivity index (χ3v) is 8.04. The quantitative estimate of drug-likeness (QED) is 0.731. The highest BCUT2D eigenvalue weighted by Crippen LogP contribution is 2.25. The van der Waals surface area contributed by atoms with Crippen molar-refractivity contribution < 1.29 is 26.4 Å². The number of morpholine rings is 1. The van der Waals surface area contributed by atoms with E-state index in [1.807, 2.05) is 6.92 Å². The molecule has 2 heterocycles. The molecule has 2 fully saturated rings. The summed E-state index contributed by atoms with van der Waals surface area (Å²) >= 11 is 0. The molecule has 2 atom stereocenters. The van der Waals surface area contributed by atoms with Gasteiger partial charge < -0.3 is 9.64 Å². The average molecular weight is 387 g/mol. The maximum Gasteiger partial charge on any atom is 0.224 e. The van der Waals surface area contributed by atoms with Crippen LogP contribution in [0.3, 0.4) is 0 Å². The number of carbonyl (C=O) groups excluding carboxylic acids is 1. The summed E-state index contributed by atoms with van der Waals surface area (Å²) in [5.41, 5.74) is 0.955. The van der Waals surface area contributed by atoms with Crippen molar-refractivity contribution in [1.82, 2.24) is 4.90 Å². The van der Waals surface area contributed by atoms with Gasteiger partial charge in [0, 0.05) is 13.0 Å². The topological polar surface area (TPSA) is 97.8 Å². The highest BCUT2D eigenvalue weighted by atomic mass is 32.2. The van der Waals surface area contributed by atoms with Gasteiger partial charge in [-0.05, 0) is 19.1 Å². The Hall–Kier alpha value is -1.45. The lowest BCUT2D eigenvalue weighted by Crippen LogP contribution is -2.53. The summed E-state index contributed by atoms with van der Waals surface area (Å²) in [5, 5.41) is 0. The molecule has 1 aromatic rings. The van der Waals surface area contributed by atoms with Crippen molar-refractivity contribution in [1.29, 1.82) is 0 Å². The van der Waals surface area contributed by atoms with Crippen LogP contribution in [0.25, 0.3) is 0 Å². The van der Waals surface area contributed by atoms with Crippen LogP contribution in [-0.2, 0) is 29.2 Å². The van der Waals surface area contributed by atoms with E-state index < -0.39 is 31.8 Å². The number of carbonyl (C=O) groups is 1. The van der Waals surface area contributed by atoms with Gasteiger partial charge in [-0.1, -0.05) is 17.7 Å². The molecule has 0 aliphatic carbocycles. The van der Waals surface area contributed by atoms with Crippen LogP contribution in [0, 0.1) is 6.92 Å². The molecule has 1 amide bonds. The van der Waals surface area contributed by atoms with Crippen molar-refractivity contribution in [2.24, 2.45) is 0 Å². The number of benzene rings is 1. The second kappa shape index (κ2) is 6.69. The molecule has 0 spiro atoms. The first-order chi connectivity index (χ1) is 11.7. The molecule has 0 bridgehead atoms. The molecule has 0 radical (unpaired) electrons. The van der Waals surface area contributed by atoms with Crippen LogP contribution in [0.4, 0.5) is 0 Å².